The molecule has 0 amide bonds. The van der Waals surface area contributed by atoms with Crippen LogP contribution in [0.1, 0.15) is 5.56 Å². The van der Waals surface area contributed by atoms with Crippen LogP contribution in [0.25, 0.3) is 0 Å². The van der Waals surface area contributed by atoms with Gasteiger partial charge in [0.25, 0.3) is 0 Å². The van der Waals surface area contributed by atoms with Gasteiger partial charge < -0.3 is 15.6 Å². The minimum atomic E-state index is -0.248. The monoisotopic (exact) mass is 259 g/mol. The summed E-state index contributed by atoms with van der Waals surface area (Å²) in [6.45, 7) is -0.0233. The zero-order valence-corrected chi connectivity index (χ0v) is 9.62. The van der Waals surface area contributed by atoms with Crippen LogP contribution in [0.4, 0.5) is 0 Å². The third-order valence-corrected chi connectivity index (χ3v) is 2.74. The van der Waals surface area contributed by atoms with E-state index in [1.165, 1.54) is 0 Å². The first-order chi connectivity index (χ1) is 6.69. The highest BCUT2D eigenvalue weighted by Crippen LogP contribution is 2.27. The van der Waals surface area contributed by atoms with Gasteiger partial charge in [0.05, 0.1) is 13.7 Å². The summed E-state index contributed by atoms with van der Waals surface area (Å²) in [4.78, 5) is 0. The van der Waals surface area contributed by atoms with Crippen molar-refractivity contribution in [3.63, 3.8) is 0 Å². The van der Waals surface area contributed by atoms with Crippen molar-refractivity contribution in [3.8, 4) is 5.75 Å². The van der Waals surface area contributed by atoms with Crippen LogP contribution in [0.2, 0.25) is 0 Å². The van der Waals surface area contributed by atoms with Gasteiger partial charge in [0, 0.05) is 16.1 Å². The molecule has 1 aromatic rings. The summed E-state index contributed by atoms with van der Waals surface area (Å²) in [5.74, 6) is 0.795. The zero-order chi connectivity index (χ0) is 10.6. The molecule has 3 nitrogen and oxygen atoms in total. The highest BCUT2D eigenvalue weighted by molar-refractivity contribution is 9.10. The lowest BCUT2D eigenvalue weighted by Crippen LogP contribution is -2.27. The number of aliphatic hydroxyl groups excluding tert-OH is 1. The van der Waals surface area contributed by atoms with Crippen molar-refractivity contribution in [2.45, 2.75) is 12.5 Å². The van der Waals surface area contributed by atoms with E-state index < -0.39 is 0 Å². The molecule has 0 aromatic heterocycles. The van der Waals surface area contributed by atoms with E-state index in [0.717, 1.165) is 15.8 Å². The minimum absolute atomic E-state index is 0.0233. The van der Waals surface area contributed by atoms with Crippen LogP contribution in [0.3, 0.4) is 0 Å². The molecule has 0 fully saturated rings. The van der Waals surface area contributed by atoms with Gasteiger partial charge in [0.15, 0.2) is 0 Å². The molecule has 0 heterocycles. The third kappa shape index (κ3) is 2.70. The van der Waals surface area contributed by atoms with Crippen LogP contribution in [-0.2, 0) is 6.42 Å². The lowest BCUT2D eigenvalue weighted by atomic mass is 10.1. The minimum Gasteiger partial charge on any atom is -0.496 e. The van der Waals surface area contributed by atoms with Crippen LogP contribution in [0, 0.1) is 0 Å². The lowest BCUT2D eigenvalue weighted by Gasteiger charge is -2.13. The summed E-state index contributed by atoms with van der Waals surface area (Å²) in [6.07, 6.45) is 0.598. The third-order valence-electron chi connectivity index (χ3n) is 2.00. The van der Waals surface area contributed by atoms with Gasteiger partial charge in [-0.25, -0.2) is 0 Å². The highest BCUT2D eigenvalue weighted by atomic mass is 79.9. The largest absolute Gasteiger partial charge is 0.496 e. The summed E-state index contributed by atoms with van der Waals surface area (Å²) in [5, 5.41) is 8.87. The molecule has 0 aliphatic carbocycles. The van der Waals surface area contributed by atoms with Crippen molar-refractivity contribution in [3.05, 3.63) is 28.2 Å². The molecule has 0 radical (unpaired) electrons. The Hall–Kier alpha value is -0.580. The van der Waals surface area contributed by atoms with E-state index >= 15 is 0 Å². The van der Waals surface area contributed by atoms with Crippen LogP contribution in [0.5, 0.6) is 5.75 Å². The Morgan fingerprint density at radius 1 is 1.57 bits per heavy atom. The normalized spacial score (nSPS) is 12.6. The Labute approximate surface area is 92.0 Å². The van der Waals surface area contributed by atoms with E-state index in [-0.39, 0.29) is 12.6 Å². The Balaban J connectivity index is 2.92. The Kier molecular flexibility index (Phi) is 4.38. The lowest BCUT2D eigenvalue weighted by molar-refractivity contribution is 0.264. The molecule has 1 atom stereocenters. The first kappa shape index (κ1) is 11.5. The summed E-state index contributed by atoms with van der Waals surface area (Å²) in [5.41, 5.74) is 6.67. The maximum atomic E-state index is 8.87. The van der Waals surface area contributed by atoms with E-state index in [9.17, 15) is 0 Å². The number of hydrogen-bond donors (Lipinski definition) is 2. The average molecular weight is 260 g/mol. The van der Waals surface area contributed by atoms with Crippen molar-refractivity contribution < 1.29 is 9.84 Å². The number of halogens is 1. The molecule has 0 bridgehead atoms. The SMILES string of the molecule is COc1cccc(Br)c1CC(N)CO. The maximum absolute atomic E-state index is 8.87. The molecule has 14 heavy (non-hydrogen) atoms. The second-order valence-corrected chi connectivity index (χ2v) is 3.92. The maximum Gasteiger partial charge on any atom is 0.123 e. The van der Waals surface area contributed by atoms with Gasteiger partial charge >= 0.3 is 0 Å². The standard InChI is InChI=1S/C10H14BrNO2/c1-14-10-4-2-3-9(11)8(10)5-7(12)6-13/h2-4,7,13H,5-6,12H2,1H3. The second kappa shape index (κ2) is 5.34. The smallest absolute Gasteiger partial charge is 0.123 e. The summed E-state index contributed by atoms with van der Waals surface area (Å²) >= 11 is 3.43. The summed E-state index contributed by atoms with van der Waals surface area (Å²) in [7, 11) is 1.62. The quantitative estimate of drug-likeness (QED) is 0.858. The van der Waals surface area contributed by atoms with Crippen molar-refractivity contribution in [1.82, 2.24) is 0 Å². The van der Waals surface area contributed by atoms with Crippen LogP contribution < -0.4 is 10.5 Å². The highest BCUT2D eigenvalue weighted by Gasteiger charge is 2.10. The molecule has 0 spiro atoms. The Morgan fingerprint density at radius 3 is 2.86 bits per heavy atom. The number of rotatable bonds is 4. The predicted octanol–water partition coefficient (Wildman–Crippen LogP) is 1.32. The Morgan fingerprint density at radius 2 is 2.29 bits per heavy atom. The van der Waals surface area contributed by atoms with Gasteiger partial charge in [-0.3, -0.25) is 0 Å². The van der Waals surface area contributed by atoms with Crippen LogP contribution in [0.15, 0.2) is 22.7 Å². The van der Waals surface area contributed by atoms with Gasteiger partial charge in [-0.05, 0) is 18.6 Å². The van der Waals surface area contributed by atoms with Gasteiger partial charge in [-0.15, -0.1) is 0 Å². The topological polar surface area (TPSA) is 55.5 Å². The number of nitrogens with two attached hydrogens (primary N) is 1. The molecule has 1 rings (SSSR count). The number of aliphatic hydroxyl groups is 1. The van der Waals surface area contributed by atoms with Gasteiger partial charge in [-0.1, -0.05) is 22.0 Å². The molecular formula is C10H14BrNO2. The molecule has 0 saturated carbocycles. The molecule has 0 saturated heterocycles. The fourth-order valence-corrected chi connectivity index (χ4v) is 1.76. The van der Waals surface area contributed by atoms with E-state index in [1.54, 1.807) is 7.11 Å². The van der Waals surface area contributed by atoms with Gasteiger partial charge in [0.1, 0.15) is 5.75 Å². The zero-order valence-electron chi connectivity index (χ0n) is 8.03. The molecular weight excluding hydrogens is 246 g/mol. The average Bonchev–Trinajstić information content (AvgIpc) is 2.20. The molecule has 1 aromatic carbocycles. The van der Waals surface area contributed by atoms with Gasteiger partial charge in [-0.2, -0.15) is 0 Å². The first-order valence-corrected chi connectivity index (χ1v) is 5.16. The summed E-state index contributed by atoms with van der Waals surface area (Å²) < 4.78 is 6.16. The van der Waals surface area contributed by atoms with Crippen molar-refractivity contribution >= 4 is 15.9 Å². The van der Waals surface area contributed by atoms with E-state index in [2.05, 4.69) is 15.9 Å². The fourth-order valence-electron chi connectivity index (χ4n) is 1.25. The van der Waals surface area contributed by atoms with Crippen molar-refractivity contribution in [2.75, 3.05) is 13.7 Å². The predicted molar refractivity (Wildman–Crippen MR) is 59.5 cm³/mol. The second-order valence-electron chi connectivity index (χ2n) is 3.07. The molecule has 4 heteroatoms. The van der Waals surface area contributed by atoms with Crippen LogP contribution >= 0.6 is 15.9 Å². The molecule has 0 aliphatic heterocycles. The van der Waals surface area contributed by atoms with Crippen molar-refractivity contribution in [2.24, 2.45) is 5.73 Å². The molecule has 3 N–H and O–H groups in total. The molecule has 78 valence electrons. The Bertz CT molecular complexity index is 304. The van der Waals surface area contributed by atoms with Crippen molar-refractivity contribution in [1.29, 1.82) is 0 Å². The van der Waals surface area contributed by atoms with E-state index in [0.29, 0.717) is 6.42 Å². The number of hydrogen-bond acceptors (Lipinski definition) is 3. The van der Waals surface area contributed by atoms with Crippen LogP contribution in [-0.4, -0.2) is 24.9 Å². The van der Waals surface area contributed by atoms with E-state index in [1.807, 2.05) is 18.2 Å². The number of methoxy groups -OCH3 is 1. The van der Waals surface area contributed by atoms with E-state index in [4.69, 9.17) is 15.6 Å². The molecule has 0 aliphatic rings. The number of ether oxygens (including phenoxy) is 1. The molecule has 1 unspecified atom stereocenters. The summed E-state index contributed by atoms with van der Waals surface area (Å²) in [6, 6.07) is 5.46. The van der Waals surface area contributed by atoms with Gasteiger partial charge in [0.2, 0.25) is 0 Å². The first-order valence-electron chi connectivity index (χ1n) is 4.36. The number of benzene rings is 1. The fraction of sp³-hybridized carbons (Fsp3) is 0.400.